The summed E-state index contributed by atoms with van der Waals surface area (Å²) in [6.45, 7) is 8.69. The largest absolute Gasteiger partial charge is 0.390 e. The predicted molar refractivity (Wildman–Crippen MR) is 146 cm³/mol. The molecule has 37 heavy (non-hydrogen) atoms. The second kappa shape index (κ2) is 15.2. The van der Waals surface area contributed by atoms with Crippen LogP contribution in [-0.2, 0) is 16.4 Å². The van der Waals surface area contributed by atoms with Gasteiger partial charge in [-0.3, -0.25) is 0 Å². The van der Waals surface area contributed by atoms with Gasteiger partial charge in [-0.2, -0.15) is 18.4 Å². The lowest BCUT2D eigenvalue weighted by Crippen LogP contribution is -2.33. The zero-order chi connectivity index (χ0) is 28.4. The summed E-state index contributed by atoms with van der Waals surface area (Å²) < 4.78 is 60.5. The van der Waals surface area contributed by atoms with E-state index in [9.17, 15) is 21.6 Å². The highest BCUT2D eigenvalue weighted by Gasteiger charge is 2.36. The van der Waals surface area contributed by atoms with Crippen LogP contribution in [0.4, 0.5) is 13.2 Å². The first-order valence-corrected chi connectivity index (χ1v) is 14.5. The van der Waals surface area contributed by atoms with E-state index in [1.165, 1.54) is 4.31 Å². The third-order valence-electron chi connectivity index (χ3n) is 5.80. The summed E-state index contributed by atoms with van der Waals surface area (Å²) in [6.07, 6.45) is -4.01. The molecule has 0 bridgehead atoms. The second-order valence-electron chi connectivity index (χ2n) is 9.02. The third-order valence-corrected chi connectivity index (χ3v) is 8.56. The zero-order valence-electron chi connectivity index (χ0n) is 21.2. The van der Waals surface area contributed by atoms with Crippen LogP contribution in [0.3, 0.4) is 0 Å². The Morgan fingerprint density at radius 2 is 1.76 bits per heavy atom. The van der Waals surface area contributed by atoms with Gasteiger partial charge in [0.25, 0.3) is 0 Å². The average molecular weight is 600 g/mol. The number of halogens is 6. The Balaban J connectivity index is 0.000000294. The number of sulfonamides is 1. The summed E-state index contributed by atoms with van der Waals surface area (Å²) >= 11 is 17.3. The summed E-state index contributed by atoms with van der Waals surface area (Å²) in [7, 11) is -3.75. The first kappa shape index (κ1) is 33.5. The van der Waals surface area contributed by atoms with Crippen LogP contribution < -0.4 is 0 Å². The van der Waals surface area contributed by atoms with Crippen molar-refractivity contribution in [2.75, 3.05) is 18.8 Å². The molecule has 1 fully saturated rings. The lowest BCUT2D eigenvalue weighted by Gasteiger charge is -2.18. The Morgan fingerprint density at radius 1 is 1.11 bits per heavy atom. The molecule has 0 aliphatic carbocycles. The first-order valence-electron chi connectivity index (χ1n) is 11.7. The van der Waals surface area contributed by atoms with Gasteiger partial charge in [-0.25, -0.2) is 12.7 Å². The molecule has 1 heterocycles. The van der Waals surface area contributed by atoms with E-state index < -0.39 is 28.4 Å². The van der Waals surface area contributed by atoms with Crippen molar-refractivity contribution >= 4 is 44.8 Å². The van der Waals surface area contributed by atoms with Crippen molar-refractivity contribution < 1.29 is 21.6 Å². The van der Waals surface area contributed by atoms with Crippen LogP contribution in [0, 0.1) is 30.1 Å². The molecule has 206 valence electrons. The van der Waals surface area contributed by atoms with E-state index in [1.54, 1.807) is 18.2 Å². The van der Waals surface area contributed by atoms with Crippen molar-refractivity contribution in [2.24, 2.45) is 11.8 Å². The van der Waals surface area contributed by atoms with Crippen LogP contribution in [-0.4, -0.2) is 37.7 Å². The van der Waals surface area contributed by atoms with Crippen LogP contribution in [0.5, 0.6) is 0 Å². The monoisotopic (exact) mass is 598 g/mol. The van der Waals surface area contributed by atoms with Gasteiger partial charge in [0, 0.05) is 23.1 Å². The Labute approximate surface area is 233 Å². The topological polar surface area (TPSA) is 61.2 Å². The van der Waals surface area contributed by atoms with Gasteiger partial charge in [-0.15, -0.1) is 0 Å². The van der Waals surface area contributed by atoms with Crippen LogP contribution in [0.2, 0.25) is 15.1 Å². The molecule has 0 radical (unpaired) electrons. The fourth-order valence-electron chi connectivity index (χ4n) is 3.45. The molecular weight excluding hydrogens is 568 g/mol. The van der Waals surface area contributed by atoms with Gasteiger partial charge in [-0.05, 0) is 73.1 Å². The fraction of sp³-hybridized carbons (Fsp3) is 0.500. The molecule has 2 aromatic rings. The van der Waals surface area contributed by atoms with Gasteiger partial charge in [0.05, 0.1) is 22.8 Å². The highest BCUT2D eigenvalue weighted by molar-refractivity contribution is 7.89. The van der Waals surface area contributed by atoms with E-state index in [-0.39, 0.29) is 5.92 Å². The summed E-state index contributed by atoms with van der Waals surface area (Å²) in [4.78, 5) is 0. The minimum absolute atomic E-state index is 0.260. The van der Waals surface area contributed by atoms with Crippen LogP contribution in [0.1, 0.15) is 50.3 Å². The molecule has 1 aliphatic rings. The number of aryl methyl sites for hydroxylation is 2. The number of nitriles is 1. The van der Waals surface area contributed by atoms with Crippen molar-refractivity contribution in [1.82, 2.24) is 4.31 Å². The van der Waals surface area contributed by atoms with Crippen molar-refractivity contribution in [3.05, 3.63) is 68.2 Å². The Kier molecular flexibility index (Phi) is 13.8. The van der Waals surface area contributed by atoms with E-state index in [0.29, 0.717) is 29.6 Å². The number of benzene rings is 2. The quantitative estimate of drug-likeness (QED) is 0.347. The first-order chi connectivity index (χ1) is 17.1. The second-order valence-corrected chi connectivity index (χ2v) is 12.4. The van der Waals surface area contributed by atoms with E-state index in [2.05, 4.69) is 6.92 Å². The van der Waals surface area contributed by atoms with Crippen molar-refractivity contribution in [1.29, 1.82) is 5.26 Å². The number of rotatable bonds is 5. The maximum atomic E-state index is 12.0. The molecule has 4 nitrogen and oxygen atoms in total. The minimum atomic E-state index is -4.41. The maximum absolute atomic E-state index is 12.0. The number of alkyl halides is 3. The lowest BCUT2D eigenvalue weighted by atomic mass is 9.96. The number of nitrogens with zero attached hydrogens (tertiary/aromatic N) is 2. The Hall–Kier alpha value is -1.50. The molecule has 1 saturated heterocycles. The molecule has 1 unspecified atom stereocenters. The Morgan fingerprint density at radius 3 is 2.22 bits per heavy atom. The third kappa shape index (κ3) is 12.3. The molecule has 3 rings (SSSR count). The SMILES string of the molecule is CC(C)C1CCN(S(=O)(=O)CCC(F)(F)F)C1.CCc1cc(Cl)ccc1Cl.Cc1ccc(C#N)c(Cl)c1. The van der Waals surface area contributed by atoms with E-state index in [1.807, 2.05) is 45.0 Å². The van der Waals surface area contributed by atoms with Crippen LogP contribution >= 0.6 is 34.8 Å². The summed E-state index contributed by atoms with van der Waals surface area (Å²) in [6, 6.07) is 12.9. The highest BCUT2D eigenvalue weighted by atomic mass is 35.5. The van der Waals surface area contributed by atoms with E-state index in [4.69, 9.17) is 40.1 Å². The summed E-state index contributed by atoms with van der Waals surface area (Å²) in [5, 5.41) is 10.6. The van der Waals surface area contributed by atoms with Crippen molar-refractivity contribution in [3.8, 4) is 6.07 Å². The lowest BCUT2D eigenvalue weighted by molar-refractivity contribution is -0.130. The van der Waals surface area contributed by atoms with Crippen molar-refractivity contribution in [2.45, 2.75) is 53.1 Å². The predicted octanol–water partition coefficient (Wildman–Crippen LogP) is 8.32. The molecule has 1 atom stereocenters. The van der Waals surface area contributed by atoms with E-state index >= 15 is 0 Å². The van der Waals surface area contributed by atoms with Gasteiger partial charge in [0.2, 0.25) is 10.0 Å². The number of hydrogen-bond acceptors (Lipinski definition) is 3. The smallest absolute Gasteiger partial charge is 0.212 e. The fourth-order valence-corrected chi connectivity index (χ4v) is 5.72. The van der Waals surface area contributed by atoms with E-state index in [0.717, 1.165) is 34.0 Å². The molecule has 2 aromatic carbocycles. The highest BCUT2D eigenvalue weighted by Crippen LogP contribution is 2.28. The maximum Gasteiger partial charge on any atom is 0.390 e. The molecular formula is C26H32Cl3F3N2O2S. The molecule has 1 aliphatic heterocycles. The molecule has 0 N–H and O–H groups in total. The van der Waals surface area contributed by atoms with Gasteiger partial charge < -0.3 is 0 Å². The normalized spacial score (nSPS) is 15.9. The minimum Gasteiger partial charge on any atom is -0.212 e. The van der Waals surface area contributed by atoms with Crippen molar-refractivity contribution in [3.63, 3.8) is 0 Å². The standard InChI is InChI=1S/C10H18F3NO2S.C8H8Cl2.C8H6ClN/c1-8(2)9-3-5-14(7-9)17(15,16)6-4-10(11,12)13;1-2-6-5-7(9)3-4-8(6)10;1-6-2-3-7(5-10)8(9)4-6/h8-9H,3-7H2,1-2H3;3-5H,2H2,1H3;2-4H,1H3. The summed E-state index contributed by atoms with van der Waals surface area (Å²) in [5.41, 5.74) is 2.71. The molecule has 0 aromatic heterocycles. The molecule has 0 amide bonds. The van der Waals surface area contributed by atoms with Crippen LogP contribution in [0.15, 0.2) is 36.4 Å². The van der Waals surface area contributed by atoms with Crippen LogP contribution in [0.25, 0.3) is 0 Å². The van der Waals surface area contributed by atoms with Gasteiger partial charge in [0.1, 0.15) is 6.07 Å². The zero-order valence-corrected chi connectivity index (χ0v) is 24.3. The molecule has 0 saturated carbocycles. The molecule has 0 spiro atoms. The van der Waals surface area contributed by atoms with Gasteiger partial charge >= 0.3 is 6.18 Å². The summed E-state index contributed by atoms with van der Waals surface area (Å²) in [5.74, 6) is -0.213. The van der Waals surface area contributed by atoms with Gasteiger partial charge in [-0.1, -0.05) is 61.6 Å². The van der Waals surface area contributed by atoms with Gasteiger partial charge in [0.15, 0.2) is 0 Å². The molecule has 11 heteroatoms. The average Bonchev–Trinajstić information content (AvgIpc) is 3.32. The number of hydrogen-bond donors (Lipinski definition) is 0. The Bertz CT molecular complexity index is 1160.